The molecule has 1 aliphatic heterocycles. The van der Waals surface area contributed by atoms with Crippen molar-refractivity contribution < 1.29 is 4.79 Å². The number of carbonyl (C=O) groups excluding carboxylic acids is 1. The molecule has 0 radical (unpaired) electrons. The number of amides is 1. The Bertz CT molecular complexity index is 635. The number of hydrogen-bond donors (Lipinski definition) is 1. The lowest BCUT2D eigenvalue weighted by Gasteiger charge is -2.31. The number of nitrogens with one attached hydrogen (secondary N) is 1. The van der Waals surface area contributed by atoms with Gasteiger partial charge in [-0.05, 0) is 37.7 Å². The molecule has 0 saturated carbocycles. The van der Waals surface area contributed by atoms with Crippen molar-refractivity contribution >= 4 is 17.4 Å². The monoisotopic (exact) mass is 305 g/mol. The minimum atomic E-state index is 0.0647. The topological polar surface area (TPSA) is 74.8 Å². The normalized spacial score (nSPS) is 19.0. The van der Waals surface area contributed by atoms with E-state index in [1.165, 1.54) is 11.5 Å². The Morgan fingerprint density at radius 2 is 2.43 bits per heavy atom. The number of carbonyl (C=O) groups is 1. The van der Waals surface area contributed by atoms with E-state index in [0.717, 1.165) is 43.0 Å². The fourth-order valence-corrected chi connectivity index (χ4v) is 3.49. The van der Waals surface area contributed by atoms with Gasteiger partial charge in [0.25, 0.3) is 5.91 Å². The van der Waals surface area contributed by atoms with Gasteiger partial charge in [0.15, 0.2) is 0 Å². The van der Waals surface area contributed by atoms with Crippen LogP contribution in [0.25, 0.3) is 0 Å². The van der Waals surface area contributed by atoms with Gasteiger partial charge in [0, 0.05) is 30.9 Å². The van der Waals surface area contributed by atoms with Crippen LogP contribution in [0.3, 0.4) is 0 Å². The molecule has 6 nitrogen and oxygen atoms in total. The number of aromatic nitrogens is 4. The highest BCUT2D eigenvalue weighted by atomic mass is 32.1. The Labute approximate surface area is 127 Å². The maximum absolute atomic E-state index is 12.6. The number of piperidine rings is 1. The summed E-state index contributed by atoms with van der Waals surface area (Å²) in [7, 11) is 0. The number of imidazole rings is 1. The highest BCUT2D eigenvalue weighted by Crippen LogP contribution is 2.26. The Balaban J connectivity index is 1.75. The number of nitrogens with zero attached hydrogens (tertiary/aromatic N) is 4. The lowest BCUT2D eigenvalue weighted by molar-refractivity contribution is 0.0708. The minimum Gasteiger partial charge on any atom is -0.346 e. The summed E-state index contributed by atoms with van der Waals surface area (Å²) < 4.78 is 3.92. The molecule has 1 atom stereocenters. The number of hydrogen-bond acceptors (Lipinski definition) is 5. The molecule has 1 N–H and O–H groups in total. The number of aromatic amines is 1. The number of rotatable bonds is 3. The first-order chi connectivity index (χ1) is 10.2. The summed E-state index contributed by atoms with van der Waals surface area (Å²) >= 11 is 1.20. The fourth-order valence-electron chi connectivity index (χ4n) is 2.77. The van der Waals surface area contributed by atoms with Gasteiger partial charge in [-0.2, -0.15) is 0 Å². The lowest BCUT2D eigenvalue weighted by atomic mass is 9.97. The Kier molecular flexibility index (Phi) is 4.01. The summed E-state index contributed by atoms with van der Waals surface area (Å²) in [5.41, 5.74) is 1.87. The summed E-state index contributed by atoms with van der Waals surface area (Å²) in [6, 6.07) is 0. The second-order valence-electron chi connectivity index (χ2n) is 5.44. The second-order valence-corrected chi connectivity index (χ2v) is 6.20. The van der Waals surface area contributed by atoms with Crippen LogP contribution in [0.15, 0.2) is 6.20 Å². The molecule has 112 valence electrons. The predicted molar refractivity (Wildman–Crippen MR) is 80.5 cm³/mol. The van der Waals surface area contributed by atoms with Crippen molar-refractivity contribution in [3.8, 4) is 0 Å². The Morgan fingerprint density at radius 1 is 1.57 bits per heavy atom. The van der Waals surface area contributed by atoms with Crippen molar-refractivity contribution in [1.82, 2.24) is 24.5 Å². The van der Waals surface area contributed by atoms with Gasteiger partial charge in [-0.3, -0.25) is 4.79 Å². The minimum absolute atomic E-state index is 0.0647. The van der Waals surface area contributed by atoms with E-state index in [-0.39, 0.29) is 5.91 Å². The van der Waals surface area contributed by atoms with Gasteiger partial charge in [0.1, 0.15) is 10.7 Å². The van der Waals surface area contributed by atoms with Gasteiger partial charge < -0.3 is 9.88 Å². The predicted octanol–water partition coefficient (Wildman–Crippen LogP) is 2.15. The molecular formula is C14H19N5OS. The van der Waals surface area contributed by atoms with Crippen LogP contribution in [0.1, 0.15) is 52.6 Å². The van der Waals surface area contributed by atoms with E-state index in [1.807, 2.05) is 24.9 Å². The molecule has 1 aliphatic rings. The molecule has 2 aromatic heterocycles. The maximum atomic E-state index is 12.6. The Morgan fingerprint density at radius 3 is 3.14 bits per heavy atom. The van der Waals surface area contributed by atoms with E-state index < -0.39 is 0 Å². The molecule has 3 heterocycles. The van der Waals surface area contributed by atoms with E-state index in [0.29, 0.717) is 17.3 Å². The van der Waals surface area contributed by atoms with Crippen molar-refractivity contribution in [3.63, 3.8) is 0 Å². The van der Waals surface area contributed by atoms with Crippen LogP contribution < -0.4 is 0 Å². The maximum Gasteiger partial charge on any atom is 0.267 e. The van der Waals surface area contributed by atoms with Crippen LogP contribution in [0, 0.1) is 6.92 Å². The van der Waals surface area contributed by atoms with Crippen LogP contribution in [-0.4, -0.2) is 43.5 Å². The third-order valence-electron chi connectivity index (χ3n) is 3.90. The zero-order chi connectivity index (χ0) is 14.8. The summed E-state index contributed by atoms with van der Waals surface area (Å²) in [6.07, 6.45) is 4.66. The van der Waals surface area contributed by atoms with Gasteiger partial charge in [-0.15, -0.1) is 5.10 Å². The largest absolute Gasteiger partial charge is 0.346 e. The summed E-state index contributed by atoms with van der Waals surface area (Å²) in [5, 5.41) is 4.03. The van der Waals surface area contributed by atoms with E-state index in [1.54, 1.807) is 0 Å². The summed E-state index contributed by atoms with van der Waals surface area (Å²) in [6.45, 7) is 5.51. The number of aryl methyl sites for hydroxylation is 2. The Hall–Kier alpha value is -1.76. The molecule has 1 amide bonds. The van der Waals surface area contributed by atoms with Crippen LogP contribution in [-0.2, 0) is 6.42 Å². The molecule has 0 bridgehead atoms. The SMILES string of the molecule is CCc1nnsc1C(=O)N1CCC[C@@H](c2ncc(C)[nH]2)C1. The molecular weight excluding hydrogens is 286 g/mol. The molecule has 0 unspecified atom stereocenters. The first kappa shape index (κ1) is 14.2. The van der Waals surface area contributed by atoms with Crippen molar-refractivity contribution in [3.05, 3.63) is 28.3 Å². The first-order valence-corrected chi connectivity index (χ1v) is 8.08. The second kappa shape index (κ2) is 5.93. The number of H-pyrrole nitrogens is 1. The highest BCUT2D eigenvalue weighted by Gasteiger charge is 2.29. The molecule has 21 heavy (non-hydrogen) atoms. The van der Waals surface area contributed by atoms with Crippen LogP contribution >= 0.6 is 11.5 Å². The zero-order valence-corrected chi connectivity index (χ0v) is 13.1. The first-order valence-electron chi connectivity index (χ1n) is 7.31. The smallest absolute Gasteiger partial charge is 0.267 e. The molecule has 1 fully saturated rings. The molecule has 0 spiro atoms. The van der Waals surface area contributed by atoms with Crippen LogP contribution in [0.5, 0.6) is 0 Å². The third kappa shape index (κ3) is 2.83. The lowest BCUT2D eigenvalue weighted by Crippen LogP contribution is -2.39. The van der Waals surface area contributed by atoms with Crippen molar-refractivity contribution in [2.45, 2.75) is 39.0 Å². The van der Waals surface area contributed by atoms with Crippen molar-refractivity contribution in [2.75, 3.05) is 13.1 Å². The quantitative estimate of drug-likeness (QED) is 0.943. The van der Waals surface area contributed by atoms with E-state index >= 15 is 0 Å². The standard InChI is InChI=1S/C14H19N5OS/c1-3-11-12(21-18-17-11)14(20)19-6-4-5-10(8-19)13-15-7-9(2)16-13/h7,10H,3-6,8H2,1-2H3,(H,15,16)/t10-/m1/s1. The highest BCUT2D eigenvalue weighted by molar-refractivity contribution is 7.08. The van der Waals surface area contributed by atoms with Gasteiger partial charge in [0.2, 0.25) is 0 Å². The molecule has 0 aliphatic carbocycles. The summed E-state index contributed by atoms with van der Waals surface area (Å²) in [5.74, 6) is 1.35. The fraction of sp³-hybridized carbons (Fsp3) is 0.571. The zero-order valence-electron chi connectivity index (χ0n) is 12.3. The molecule has 0 aromatic carbocycles. The average molecular weight is 305 g/mol. The molecule has 7 heteroatoms. The summed E-state index contributed by atoms with van der Waals surface area (Å²) in [4.78, 5) is 23.0. The van der Waals surface area contributed by atoms with Gasteiger partial charge in [-0.25, -0.2) is 4.98 Å². The molecule has 2 aromatic rings. The van der Waals surface area contributed by atoms with E-state index in [9.17, 15) is 4.79 Å². The van der Waals surface area contributed by atoms with Crippen molar-refractivity contribution in [1.29, 1.82) is 0 Å². The van der Waals surface area contributed by atoms with Gasteiger partial charge in [-0.1, -0.05) is 11.4 Å². The molecule has 1 saturated heterocycles. The van der Waals surface area contributed by atoms with Crippen LogP contribution in [0.2, 0.25) is 0 Å². The van der Waals surface area contributed by atoms with E-state index in [2.05, 4.69) is 19.6 Å². The number of likely N-dealkylation sites (tertiary alicyclic amines) is 1. The van der Waals surface area contributed by atoms with Crippen LogP contribution in [0.4, 0.5) is 0 Å². The third-order valence-corrected chi connectivity index (χ3v) is 4.66. The molecule has 3 rings (SSSR count). The van der Waals surface area contributed by atoms with Gasteiger partial charge in [0.05, 0.1) is 5.69 Å². The van der Waals surface area contributed by atoms with Gasteiger partial charge >= 0.3 is 0 Å². The van der Waals surface area contributed by atoms with E-state index in [4.69, 9.17) is 0 Å². The van der Waals surface area contributed by atoms with Crippen molar-refractivity contribution in [2.24, 2.45) is 0 Å². The average Bonchev–Trinajstić information content (AvgIpc) is 3.15.